The largest absolute Gasteiger partial charge is 0.312 e. The van der Waals surface area contributed by atoms with E-state index in [1.54, 1.807) is 24.3 Å². The minimum Gasteiger partial charge on any atom is -0.312 e. The lowest BCUT2D eigenvalue weighted by atomic mass is 9.86. The second kappa shape index (κ2) is 11.1. The van der Waals surface area contributed by atoms with Crippen LogP contribution in [-0.4, -0.2) is 11.8 Å². The maximum absolute atomic E-state index is 13.4. The predicted molar refractivity (Wildman–Crippen MR) is 152 cm³/mol. The smallest absolute Gasteiger partial charge is 0.257 e. The minimum atomic E-state index is -0.422. The third-order valence-electron chi connectivity index (χ3n) is 7.98. The summed E-state index contributed by atoms with van der Waals surface area (Å²) in [6.45, 7) is 4.37. The van der Waals surface area contributed by atoms with Gasteiger partial charge in [0.15, 0.2) is 0 Å². The molecule has 2 aliphatic rings. The SMILES string of the molecule is CCC1CCc2c(sc(NC(=O)c3ccccc3C(=O)Nc3sc4c(c3C#N)CCC(CC)C4)c2C#N)C1. The molecular weight excluding hydrogens is 512 g/mol. The van der Waals surface area contributed by atoms with Crippen LogP contribution in [0.25, 0.3) is 0 Å². The molecule has 8 heteroatoms. The lowest BCUT2D eigenvalue weighted by Crippen LogP contribution is -2.20. The molecule has 2 aromatic heterocycles. The molecule has 0 saturated carbocycles. The van der Waals surface area contributed by atoms with Crippen LogP contribution in [0.4, 0.5) is 10.0 Å². The van der Waals surface area contributed by atoms with Gasteiger partial charge in [-0.25, -0.2) is 0 Å². The number of amides is 2. The summed E-state index contributed by atoms with van der Waals surface area (Å²) in [6.07, 6.45) is 7.89. The van der Waals surface area contributed by atoms with Gasteiger partial charge in [-0.15, -0.1) is 22.7 Å². The van der Waals surface area contributed by atoms with Gasteiger partial charge in [-0.1, -0.05) is 38.8 Å². The first-order chi connectivity index (χ1) is 18.5. The minimum absolute atomic E-state index is 0.234. The normalized spacial score (nSPS) is 18.0. The van der Waals surface area contributed by atoms with E-state index in [0.717, 1.165) is 62.5 Å². The molecule has 6 nitrogen and oxygen atoms in total. The summed E-state index contributed by atoms with van der Waals surface area (Å²) in [5.41, 5.74) is 3.67. The Morgan fingerprint density at radius 1 is 0.816 bits per heavy atom. The van der Waals surface area contributed by atoms with E-state index in [1.165, 1.54) is 32.4 Å². The van der Waals surface area contributed by atoms with Crippen LogP contribution in [0.5, 0.6) is 0 Å². The first-order valence-corrected chi connectivity index (χ1v) is 14.9. The third kappa shape index (κ3) is 4.87. The van der Waals surface area contributed by atoms with Gasteiger partial charge in [0.05, 0.1) is 22.3 Å². The zero-order chi connectivity index (χ0) is 26.8. The maximum Gasteiger partial charge on any atom is 0.257 e. The summed E-state index contributed by atoms with van der Waals surface area (Å²) in [4.78, 5) is 29.2. The zero-order valence-corrected chi connectivity index (χ0v) is 23.3. The molecule has 2 heterocycles. The first kappa shape index (κ1) is 26.2. The van der Waals surface area contributed by atoms with E-state index in [1.807, 2.05) is 0 Å². The molecule has 2 amide bonds. The molecule has 194 valence electrons. The molecule has 0 bridgehead atoms. The van der Waals surface area contributed by atoms with Gasteiger partial charge in [-0.2, -0.15) is 10.5 Å². The Labute approximate surface area is 231 Å². The Morgan fingerprint density at radius 2 is 1.24 bits per heavy atom. The maximum atomic E-state index is 13.4. The number of nitrogens with zero attached hydrogens (tertiary/aromatic N) is 2. The summed E-state index contributed by atoms with van der Waals surface area (Å²) in [5.74, 6) is 0.369. The van der Waals surface area contributed by atoms with Crippen molar-refractivity contribution >= 4 is 44.5 Å². The highest BCUT2D eigenvalue weighted by molar-refractivity contribution is 7.17. The fourth-order valence-corrected chi connectivity index (χ4v) is 8.25. The third-order valence-corrected chi connectivity index (χ3v) is 10.3. The van der Waals surface area contributed by atoms with E-state index in [9.17, 15) is 20.1 Å². The van der Waals surface area contributed by atoms with Crippen LogP contribution in [0.15, 0.2) is 24.3 Å². The van der Waals surface area contributed by atoms with Crippen molar-refractivity contribution in [2.24, 2.45) is 11.8 Å². The van der Waals surface area contributed by atoms with Crippen molar-refractivity contribution in [3.8, 4) is 12.1 Å². The van der Waals surface area contributed by atoms with E-state index in [4.69, 9.17) is 0 Å². The van der Waals surface area contributed by atoms with Crippen LogP contribution in [0.2, 0.25) is 0 Å². The fourth-order valence-electron chi connectivity index (χ4n) is 5.64. The Hall–Kier alpha value is -3.46. The van der Waals surface area contributed by atoms with E-state index >= 15 is 0 Å². The number of nitrogens with one attached hydrogen (secondary N) is 2. The highest BCUT2D eigenvalue weighted by Gasteiger charge is 2.28. The average Bonchev–Trinajstić information content (AvgIpc) is 3.47. The monoisotopic (exact) mass is 542 g/mol. The fraction of sp³-hybridized carbons (Fsp3) is 0.400. The highest BCUT2D eigenvalue weighted by Crippen LogP contribution is 2.41. The highest BCUT2D eigenvalue weighted by atomic mass is 32.1. The van der Waals surface area contributed by atoms with E-state index < -0.39 is 11.8 Å². The number of rotatable bonds is 6. The Kier molecular flexibility index (Phi) is 7.65. The molecule has 2 aliphatic carbocycles. The van der Waals surface area contributed by atoms with Crippen LogP contribution < -0.4 is 10.6 Å². The van der Waals surface area contributed by atoms with Gasteiger partial charge in [-0.3, -0.25) is 9.59 Å². The number of thiophene rings is 2. The lowest BCUT2D eigenvalue weighted by Gasteiger charge is -2.20. The molecule has 0 aliphatic heterocycles. The predicted octanol–water partition coefficient (Wildman–Crippen LogP) is 7.09. The zero-order valence-electron chi connectivity index (χ0n) is 21.6. The van der Waals surface area contributed by atoms with Crippen molar-refractivity contribution in [1.29, 1.82) is 10.5 Å². The molecule has 5 rings (SSSR count). The number of benzene rings is 1. The number of carbonyl (C=O) groups is 2. The van der Waals surface area contributed by atoms with Gasteiger partial charge >= 0.3 is 0 Å². The Bertz CT molecular complexity index is 1380. The number of hydrogen-bond acceptors (Lipinski definition) is 6. The molecular formula is C30H30N4O2S2. The topological polar surface area (TPSA) is 106 Å². The molecule has 0 spiro atoms. The lowest BCUT2D eigenvalue weighted by molar-refractivity contribution is 0.0991. The molecule has 2 unspecified atom stereocenters. The quantitative estimate of drug-likeness (QED) is 0.347. The number of fused-ring (bicyclic) bond motifs is 2. The van der Waals surface area contributed by atoms with Crippen molar-refractivity contribution < 1.29 is 9.59 Å². The number of nitriles is 2. The van der Waals surface area contributed by atoms with Gasteiger partial charge < -0.3 is 10.6 Å². The summed E-state index contributed by atoms with van der Waals surface area (Å²) < 4.78 is 0. The van der Waals surface area contributed by atoms with Crippen LogP contribution in [-0.2, 0) is 25.7 Å². The summed E-state index contributed by atoms with van der Waals surface area (Å²) in [6, 6.07) is 11.3. The van der Waals surface area contributed by atoms with Crippen molar-refractivity contribution in [2.45, 2.75) is 65.2 Å². The van der Waals surface area contributed by atoms with Gasteiger partial charge in [0.25, 0.3) is 11.8 Å². The molecule has 3 aromatic rings. The van der Waals surface area contributed by atoms with Gasteiger partial charge in [-0.05, 0) is 73.6 Å². The van der Waals surface area contributed by atoms with Gasteiger partial charge in [0.1, 0.15) is 22.1 Å². The molecule has 0 radical (unpaired) electrons. The van der Waals surface area contributed by atoms with Gasteiger partial charge in [0.2, 0.25) is 0 Å². The van der Waals surface area contributed by atoms with Crippen molar-refractivity contribution in [3.05, 3.63) is 67.4 Å². The Balaban J connectivity index is 1.39. The van der Waals surface area contributed by atoms with Crippen molar-refractivity contribution in [2.75, 3.05) is 10.6 Å². The molecule has 0 saturated heterocycles. The van der Waals surface area contributed by atoms with E-state index in [-0.39, 0.29) is 11.1 Å². The standard InChI is InChI=1S/C30H30N4O2S2/c1-3-17-9-11-19-23(15-31)29(37-25(19)13-17)33-27(35)21-7-5-6-8-22(21)28(36)34-30-24(16-32)20-12-10-18(4-2)14-26(20)38-30/h5-8,17-18H,3-4,9-14H2,1-2H3,(H,33,35)(H,34,36). The number of anilines is 2. The van der Waals surface area contributed by atoms with Crippen LogP contribution >= 0.6 is 22.7 Å². The van der Waals surface area contributed by atoms with E-state index in [0.29, 0.717) is 33.0 Å². The van der Waals surface area contributed by atoms with Crippen molar-refractivity contribution in [3.63, 3.8) is 0 Å². The van der Waals surface area contributed by atoms with Crippen LogP contribution in [0.1, 0.15) is 92.3 Å². The summed E-state index contributed by atoms with van der Waals surface area (Å²) >= 11 is 2.96. The molecule has 2 atom stereocenters. The van der Waals surface area contributed by atoms with Crippen LogP contribution in [0.3, 0.4) is 0 Å². The average molecular weight is 543 g/mol. The van der Waals surface area contributed by atoms with Crippen molar-refractivity contribution in [1.82, 2.24) is 0 Å². The molecule has 0 fully saturated rings. The summed E-state index contributed by atoms with van der Waals surface area (Å²) in [7, 11) is 0. The van der Waals surface area contributed by atoms with Crippen LogP contribution in [0, 0.1) is 34.5 Å². The first-order valence-electron chi connectivity index (χ1n) is 13.3. The number of carbonyl (C=O) groups excluding carboxylic acids is 2. The number of hydrogen-bond donors (Lipinski definition) is 2. The summed E-state index contributed by atoms with van der Waals surface area (Å²) in [5, 5.41) is 26.7. The second-order valence-corrected chi connectivity index (χ2v) is 12.3. The second-order valence-electron chi connectivity index (χ2n) is 10.1. The molecule has 1 aromatic carbocycles. The molecule has 2 N–H and O–H groups in total. The molecule has 38 heavy (non-hydrogen) atoms. The van der Waals surface area contributed by atoms with Gasteiger partial charge in [0, 0.05) is 9.75 Å². The Morgan fingerprint density at radius 3 is 1.61 bits per heavy atom. The van der Waals surface area contributed by atoms with E-state index in [2.05, 4.69) is 36.6 Å².